The van der Waals surface area contributed by atoms with Gasteiger partial charge in [-0.05, 0) is 40.7 Å². The number of hydrogen-bond donors (Lipinski definition) is 1. The standard InChI is InChI=1S/C11H24N2O3S/c1-5-13(6-2)11(14)10(4)17(15,16)9(3)7-8-12/h9-10H,5-8,12H2,1-4H3. The second-order valence-electron chi connectivity index (χ2n) is 4.13. The Morgan fingerprint density at radius 3 is 2.06 bits per heavy atom. The number of carbonyl (C=O) groups excluding carboxylic acids is 1. The molecule has 2 N–H and O–H groups in total. The zero-order chi connectivity index (χ0) is 13.6. The number of nitrogens with two attached hydrogens (primary N) is 1. The molecule has 2 unspecified atom stereocenters. The van der Waals surface area contributed by atoms with Crippen LogP contribution in [0.4, 0.5) is 0 Å². The molecule has 0 radical (unpaired) electrons. The average Bonchev–Trinajstić information content (AvgIpc) is 2.29. The zero-order valence-corrected chi connectivity index (χ0v) is 12.0. The number of amides is 1. The molecule has 0 saturated carbocycles. The van der Waals surface area contributed by atoms with E-state index in [2.05, 4.69) is 0 Å². The first-order valence-corrected chi connectivity index (χ1v) is 7.65. The lowest BCUT2D eigenvalue weighted by Gasteiger charge is -2.24. The average molecular weight is 264 g/mol. The highest BCUT2D eigenvalue weighted by molar-refractivity contribution is 7.93. The lowest BCUT2D eigenvalue weighted by Crippen LogP contribution is -2.44. The molecule has 1 amide bonds. The van der Waals surface area contributed by atoms with E-state index in [9.17, 15) is 13.2 Å². The maximum Gasteiger partial charge on any atom is 0.240 e. The number of rotatable bonds is 7. The largest absolute Gasteiger partial charge is 0.342 e. The van der Waals surface area contributed by atoms with Gasteiger partial charge in [-0.15, -0.1) is 0 Å². The Labute approximate surface area is 104 Å². The predicted molar refractivity (Wildman–Crippen MR) is 69.4 cm³/mol. The van der Waals surface area contributed by atoms with Crippen molar-refractivity contribution in [2.45, 2.75) is 44.6 Å². The van der Waals surface area contributed by atoms with Crippen LogP contribution in [0.5, 0.6) is 0 Å². The normalized spacial score (nSPS) is 15.4. The Morgan fingerprint density at radius 2 is 1.71 bits per heavy atom. The minimum absolute atomic E-state index is 0.312. The van der Waals surface area contributed by atoms with Crippen LogP contribution in [0.25, 0.3) is 0 Å². The molecule has 0 aliphatic rings. The van der Waals surface area contributed by atoms with Gasteiger partial charge >= 0.3 is 0 Å². The molecule has 102 valence electrons. The van der Waals surface area contributed by atoms with E-state index in [1.165, 1.54) is 11.8 Å². The molecule has 0 rings (SSSR count). The summed E-state index contributed by atoms with van der Waals surface area (Å²) in [6.45, 7) is 8.11. The van der Waals surface area contributed by atoms with Crippen molar-refractivity contribution in [3.05, 3.63) is 0 Å². The van der Waals surface area contributed by atoms with Crippen LogP contribution < -0.4 is 5.73 Å². The lowest BCUT2D eigenvalue weighted by atomic mass is 10.3. The molecule has 17 heavy (non-hydrogen) atoms. The minimum atomic E-state index is -3.44. The van der Waals surface area contributed by atoms with Gasteiger partial charge in [0.25, 0.3) is 0 Å². The van der Waals surface area contributed by atoms with Gasteiger partial charge in [0, 0.05) is 13.1 Å². The minimum Gasteiger partial charge on any atom is -0.342 e. The van der Waals surface area contributed by atoms with Crippen LogP contribution in [0.1, 0.15) is 34.1 Å². The maximum atomic E-state index is 12.1. The highest BCUT2D eigenvalue weighted by Gasteiger charge is 2.34. The molecule has 0 aromatic heterocycles. The van der Waals surface area contributed by atoms with Gasteiger partial charge in [0.15, 0.2) is 9.84 Å². The van der Waals surface area contributed by atoms with Gasteiger partial charge in [0.2, 0.25) is 5.91 Å². The molecule has 0 aliphatic heterocycles. The molecule has 0 heterocycles. The summed E-state index contributed by atoms with van der Waals surface area (Å²) < 4.78 is 24.2. The van der Waals surface area contributed by atoms with E-state index in [0.29, 0.717) is 26.1 Å². The molecule has 0 aromatic rings. The Kier molecular flexibility index (Phi) is 6.70. The fourth-order valence-electron chi connectivity index (χ4n) is 1.68. The van der Waals surface area contributed by atoms with E-state index in [4.69, 9.17) is 5.73 Å². The van der Waals surface area contributed by atoms with Crippen molar-refractivity contribution in [1.29, 1.82) is 0 Å². The molecule has 2 atom stereocenters. The zero-order valence-electron chi connectivity index (χ0n) is 11.1. The summed E-state index contributed by atoms with van der Waals surface area (Å²) in [4.78, 5) is 13.5. The van der Waals surface area contributed by atoms with Crippen LogP contribution in [-0.2, 0) is 14.6 Å². The molecule has 0 bridgehead atoms. The number of nitrogens with zero attached hydrogens (tertiary/aromatic N) is 1. The van der Waals surface area contributed by atoms with E-state index in [1.807, 2.05) is 13.8 Å². The van der Waals surface area contributed by atoms with E-state index in [1.54, 1.807) is 6.92 Å². The molecule has 0 aliphatic carbocycles. The van der Waals surface area contributed by atoms with E-state index < -0.39 is 20.3 Å². The van der Waals surface area contributed by atoms with Gasteiger partial charge in [-0.3, -0.25) is 4.79 Å². The third kappa shape index (κ3) is 3.96. The van der Waals surface area contributed by atoms with Crippen molar-refractivity contribution in [1.82, 2.24) is 4.90 Å². The highest BCUT2D eigenvalue weighted by atomic mass is 32.2. The summed E-state index contributed by atoms with van der Waals surface area (Å²) in [5.41, 5.74) is 5.35. The molecule has 0 spiro atoms. The Morgan fingerprint density at radius 1 is 1.24 bits per heavy atom. The first kappa shape index (κ1) is 16.4. The number of sulfone groups is 1. The van der Waals surface area contributed by atoms with E-state index in [-0.39, 0.29) is 5.91 Å². The molecule has 6 heteroatoms. The molecular formula is C11H24N2O3S. The lowest BCUT2D eigenvalue weighted by molar-refractivity contribution is -0.130. The van der Waals surface area contributed by atoms with Crippen LogP contribution in [0, 0.1) is 0 Å². The smallest absolute Gasteiger partial charge is 0.240 e. The molecule has 0 aromatic carbocycles. The van der Waals surface area contributed by atoms with Crippen LogP contribution in [-0.4, -0.2) is 49.4 Å². The summed E-state index contributed by atoms with van der Waals surface area (Å²) in [6, 6.07) is 0. The highest BCUT2D eigenvalue weighted by Crippen LogP contribution is 2.14. The van der Waals surface area contributed by atoms with Gasteiger partial charge in [0.05, 0.1) is 5.25 Å². The van der Waals surface area contributed by atoms with Crippen LogP contribution >= 0.6 is 0 Å². The Balaban J connectivity index is 4.91. The van der Waals surface area contributed by atoms with E-state index >= 15 is 0 Å². The van der Waals surface area contributed by atoms with Crippen molar-refractivity contribution in [2.24, 2.45) is 5.73 Å². The summed E-state index contributed by atoms with van der Waals surface area (Å²) in [6.07, 6.45) is 0.387. The monoisotopic (exact) mass is 264 g/mol. The van der Waals surface area contributed by atoms with Crippen molar-refractivity contribution in [3.8, 4) is 0 Å². The fourth-order valence-corrected chi connectivity index (χ4v) is 3.27. The van der Waals surface area contributed by atoms with Crippen molar-refractivity contribution in [2.75, 3.05) is 19.6 Å². The second kappa shape index (κ2) is 6.96. The molecule has 0 saturated heterocycles. The Bertz CT molecular complexity index is 337. The van der Waals surface area contributed by atoms with Crippen molar-refractivity contribution >= 4 is 15.7 Å². The summed E-state index contributed by atoms with van der Waals surface area (Å²) in [7, 11) is -3.44. The molecule has 0 fully saturated rings. The maximum absolute atomic E-state index is 12.1. The summed E-state index contributed by atoms with van der Waals surface area (Å²) in [5, 5.41) is -1.55. The summed E-state index contributed by atoms with van der Waals surface area (Å²) >= 11 is 0. The van der Waals surface area contributed by atoms with Gasteiger partial charge in [-0.1, -0.05) is 0 Å². The SMILES string of the molecule is CCN(CC)C(=O)C(C)S(=O)(=O)C(C)CCN. The second-order valence-corrected chi connectivity index (χ2v) is 6.82. The third-order valence-corrected chi connectivity index (χ3v) is 5.59. The third-order valence-electron chi connectivity index (χ3n) is 3.05. The van der Waals surface area contributed by atoms with Gasteiger partial charge in [-0.2, -0.15) is 0 Å². The van der Waals surface area contributed by atoms with Crippen LogP contribution in [0.15, 0.2) is 0 Å². The number of hydrogen-bond acceptors (Lipinski definition) is 4. The quantitative estimate of drug-likeness (QED) is 0.721. The van der Waals surface area contributed by atoms with Crippen molar-refractivity contribution in [3.63, 3.8) is 0 Å². The molecule has 5 nitrogen and oxygen atoms in total. The number of carbonyl (C=O) groups is 1. The van der Waals surface area contributed by atoms with Crippen molar-refractivity contribution < 1.29 is 13.2 Å². The Hall–Kier alpha value is -0.620. The van der Waals surface area contributed by atoms with Gasteiger partial charge in [0.1, 0.15) is 5.25 Å². The first-order valence-electron chi connectivity index (χ1n) is 6.04. The van der Waals surface area contributed by atoms with Crippen LogP contribution in [0.2, 0.25) is 0 Å². The first-order chi connectivity index (χ1) is 7.82. The predicted octanol–water partition coefficient (Wildman–Crippen LogP) is 0.395. The fraction of sp³-hybridized carbons (Fsp3) is 0.909. The van der Waals surface area contributed by atoms with E-state index in [0.717, 1.165) is 0 Å². The molecular weight excluding hydrogens is 240 g/mol. The van der Waals surface area contributed by atoms with Gasteiger partial charge in [-0.25, -0.2) is 8.42 Å². The topological polar surface area (TPSA) is 80.5 Å². The summed E-state index contributed by atoms with van der Waals surface area (Å²) in [5.74, 6) is -0.320. The van der Waals surface area contributed by atoms with Gasteiger partial charge < -0.3 is 10.6 Å². The van der Waals surface area contributed by atoms with Crippen LogP contribution in [0.3, 0.4) is 0 Å².